The van der Waals surface area contributed by atoms with Crippen molar-refractivity contribution in [1.29, 1.82) is 0 Å². The molecule has 0 aromatic carbocycles. The molecule has 0 spiro atoms. The second-order valence-electron chi connectivity index (χ2n) is 4.23. The molecule has 2 amide bonds. The van der Waals surface area contributed by atoms with E-state index < -0.39 is 18.0 Å². The predicted octanol–water partition coefficient (Wildman–Crippen LogP) is 0.291. The minimum absolute atomic E-state index is 0.167. The van der Waals surface area contributed by atoms with Crippen LogP contribution >= 0.6 is 0 Å². The lowest BCUT2D eigenvalue weighted by Crippen LogP contribution is -2.49. The van der Waals surface area contributed by atoms with Gasteiger partial charge in [-0.3, -0.25) is 4.68 Å². The molecule has 1 atom stereocenters. The van der Waals surface area contributed by atoms with Crippen LogP contribution in [0, 0.1) is 5.92 Å². The molecule has 18 heavy (non-hydrogen) atoms. The molecule has 0 aliphatic carbocycles. The van der Waals surface area contributed by atoms with Crippen LogP contribution < -0.4 is 10.6 Å². The Hall–Kier alpha value is -2.05. The highest BCUT2D eigenvalue weighted by atomic mass is 16.4. The zero-order chi connectivity index (χ0) is 13.5. The molecule has 1 aromatic heterocycles. The number of aliphatic carboxylic acids is 1. The van der Waals surface area contributed by atoms with Crippen molar-refractivity contribution in [2.75, 3.05) is 6.54 Å². The monoisotopic (exact) mass is 254 g/mol. The van der Waals surface area contributed by atoms with Gasteiger partial charge in [0.05, 0.1) is 6.54 Å². The molecule has 0 fully saturated rings. The van der Waals surface area contributed by atoms with Crippen LogP contribution in [-0.2, 0) is 11.3 Å². The van der Waals surface area contributed by atoms with Gasteiger partial charge in [-0.15, -0.1) is 0 Å². The highest BCUT2D eigenvalue weighted by Crippen LogP contribution is 2.01. The molecule has 0 saturated heterocycles. The molecule has 0 aliphatic rings. The van der Waals surface area contributed by atoms with Gasteiger partial charge in [0.2, 0.25) is 0 Å². The van der Waals surface area contributed by atoms with Crippen LogP contribution in [0.3, 0.4) is 0 Å². The summed E-state index contributed by atoms with van der Waals surface area (Å²) in [7, 11) is 0. The van der Waals surface area contributed by atoms with Crippen molar-refractivity contribution in [3.63, 3.8) is 0 Å². The Balaban J connectivity index is 2.30. The second-order valence-corrected chi connectivity index (χ2v) is 4.23. The molecule has 1 unspecified atom stereocenters. The Morgan fingerprint density at radius 1 is 1.44 bits per heavy atom. The summed E-state index contributed by atoms with van der Waals surface area (Å²) in [4.78, 5) is 22.4. The van der Waals surface area contributed by atoms with Gasteiger partial charge in [-0.2, -0.15) is 5.10 Å². The summed E-state index contributed by atoms with van der Waals surface area (Å²) in [5.41, 5.74) is 0. The van der Waals surface area contributed by atoms with Crippen molar-refractivity contribution >= 4 is 12.0 Å². The number of carbonyl (C=O) groups is 2. The average molecular weight is 254 g/mol. The summed E-state index contributed by atoms with van der Waals surface area (Å²) >= 11 is 0. The molecule has 0 saturated carbocycles. The Morgan fingerprint density at radius 2 is 2.17 bits per heavy atom. The van der Waals surface area contributed by atoms with E-state index in [1.807, 2.05) is 0 Å². The number of carboxylic acid groups (broad SMARTS) is 1. The molecule has 0 radical (unpaired) electrons. The molecule has 1 rings (SSSR count). The molecular weight excluding hydrogens is 236 g/mol. The number of aromatic nitrogens is 2. The first-order valence-electron chi connectivity index (χ1n) is 5.75. The maximum Gasteiger partial charge on any atom is 0.326 e. The highest BCUT2D eigenvalue weighted by Gasteiger charge is 2.22. The minimum Gasteiger partial charge on any atom is -0.480 e. The fourth-order valence-electron chi connectivity index (χ4n) is 1.42. The van der Waals surface area contributed by atoms with Crippen molar-refractivity contribution in [2.24, 2.45) is 5.92 Å². The molecule has 7 heteroatoms. The molecular formula is C11H18N4O3. The first kappa shape index (κ1) is 14.0. The summed E-state index contributed by atoms with van der Waals surface area (Å²) in [5, 5.41) is 17.9. The standard InChI is InChI=1S/C11H18N4O3/c1-8(2)9(10(16)17)14-11(18)12-5-7-15-6-3-4-13-15/h3-4,6,8-9H,5,7H2,1-2H3,(H,16,17)(H2,12,14,18). The highest BCUT2D eigenvalue weighted by molar-refractivity contribution is 5.82. The Bertz CT molecular complexity index is 389. The van der Waals surface area contributed by atoms with Gasteiger partial charge in [0, 0.05) is 18.9 Å². The fraction of sp³-hybridized carbons (Fsp3) is 0.545. The third-order valence-electron chi connectivity index (χ3n) is 2.40. The number of hydrogen-bond acceptors (Lipinski definition) is 3. The fourth-order valence-corrected chi connectivity index (χ4v) is 1.42. The number of carbonyl (C=O) groups excluding carboxylic acids is 1. The van der Waals surface area contributed by atoms with Crippen LogP contribution in [-0.4, -0.2) is 39.5 Å². The molecule has 100 valence electrons. The summed E-state index contributed by atoms with van der Waals surface area (Å²) in [6, 6.07) is 0.428. The lowest BCUT2D eigenvalue weighted by Gasteiger charge is -2.18. The van der Waals surface area contributed by atoms with E-state index in [-0.39, 0.29) is 5.92 Å². The van der Waals surface area contributed by atoms with Gasteiger partial charge in [-0.1, -0.05) is 13.8 Å². The second kappa shape index (κ2) is 6.63. The number of amides is 2. The maximum atomic E-state index is 11.5. The van der Waals surface area contributed by atoms with Crippen LogP contribution in [0.5, 0.6) is 0 Å². The Labute approximate surface area is 105 Å². The van der Waals surface area contributed by atoms with Crippen molar-refractivity contribution in [1.82, 2.24) is 20.4 Å². The maximum absolute atomic E-state index is 11.5. The van der Waals surface area contributed by atoms with Gasteiger partial charge in [0.15, 0.2) is 0 Å². The van der Waals surface area contributed by atoms with E-state index in [0.717, 1.165) is 0 Å². The molecule has 0 aliphatic heterocycles. The minimum atomic E-state index is -1.03. The normalized spacial score (nSPS) is 12.2. The van der Waals surface area contributed by atoms with Crippen LogP contribution in [0.4, 0.5) is 4.79 Å². The summed E-state index contributed by atoms with van der Waals surface area (Å²) in [6.07, 6.45) is 3.44. The lowest BCUT2D eigenvalue weighted by atomic mass is 10.1. The SMILES string of the molecule is CC(C)C(NC(=O)NCCn1cccn1)C(=O)O. The number of nitrogens with zero attached hydrogens (tertiary/aromatic N) is 2. The van der Waals surface area contributed by atoms with Gasteiger partial charge in [0.25, 0.3) is 0 Å². The van der Waals surface area contributed by atoms with E-state index in [2.05, 4.69) is 15.7 Å². The number of urea groups is 1. The molecule has 1 aromatic rings. The first-order chi connectivity index (χ1) is 8.50. The molecule has 1 heterocycles. The number of rotatable bonds is 6. The average Bonchev–Trinajstić information content (AvgIpc) is 2.78. The lowest BCUT2D eigenvalue weighted by molar-refractivity contribution is -0.140. The zero-order valence-corrected chi connectivity index (χ0v) is 10.5. The van der Waals surface area contributed by atoms with Gasteiger partial charge in [0.1, 0.15) is 6.04 Å². The van der Waals surface area contributed by atoms with E-state index in [1.165, 1.54) is 0 Å². The third kappa shape index (κ3) is 4.44. The van der Waals surface area contributed by atoms with Crippen LogP contribution in [0.1, 0.15) is 13.8 Å². The van der Waals surface area contributed by atoms with Crippen molar-refractivity contribution in [3.8, 4) is 0 Å². The van der Waals surface area contributed by atoms with Crippen molar-refractivity contribution < 1.29 is 14.7 Å². The van der Waals surface area contributed by atoms with Gasteiger partial charge >= 0.3 is 12.0 Å². The van der Waals surface area contributed by atoms with Crippen LogP contribution in [0.15, 0.2) is 18.5 Å². The zero-order valence-electron chi connectivity index (χ0n) is 10.5. The van der Waals surface area contributed by atoms with Gasteiger partial charge in [-0.25, -0.2) is 9.59 Å². The van der Waals surface area contributed by atoms with Crippen LogP contribution in [0.25, 0.3) is 0 Å². The van der Waals surface area contributed by atoms with Crippen molar-refractivity contribution in [3.05, 3.63) is 18.5 Å². The largest absolute Gasteiger partial charge is 0.480 e. The van der Waals surface area contributed by atoms with Gasteiger partial charge in [-0.05, 0) is 12.0 Å². The van der Waals surface area contributed by atoms with E-state index in [0.29, 0.717) is 13.1 Å². The molecule has 7 nitrogen and oxygen atoms in total. The predicted molar refractivity (Wildman–Crippen MR) is 65.0 cm³/mol. The van der Waals surface area contributed by atoms with Crippen LogP contribution in [0.2, 0.25) is 0 Å². The number of hydrogen-bond donors (Lipinski definition) is 3. The third-order valence-corrected chi connectivity index (χ3v) is 2.40. The quantitative estimate of drug-likeness (QED) is 0.680. The first-order valence-corrected chi connectivity index (χ1v) is 5.75. The topological polar surface area (TPSA) is 96.3 Å². The number of nitrogens with one attached hydrogen (secondary N) is 2. The summed E-state index contributed by atoms with van der Waals surface area (Å²) in [6.45, 7) is 4.41. The summed E-state index contributed by atoms with van der Waals surface area (Å²) < 4.78 is 1.68. The van der Waals surface area contributed by atoms with E-state index in [4.69, 9.17) is 5.11 Å². The Kier molecular flexibility index (Phi) is 5.16. The smallest absolute Gasteiger partial charge is 0.326 e. The van der Waals surface area contributed by atoms with E-state index in [1.54, 1.807) is 37.0 Å². The summed E-state index contributed by atoms with van der Waals surface area (Å²) in [5.74, 6) is -1.20. The van der Waals surface area contributed by atoms with E-state index in [9.17, 15) is 9.59 Å². The van der Waals surface area contributed by atoms with E-state index >= 15 is 0 Å². The Morgan fingerprint density at radius 3 is 2.67 bits per heavy atom. The van der Waals surface area contributed by atoms with Gasteiger partial charge < -0.3 is 15.7 Å². The molecule has 3 N–H and O–H groups in total. The molecule has 0 bridgehead atoms. The number of carboxylic acids is 1. The van der Waals surface area contributed by atoms with Crippen molar-refractivity contribution in [2.45, 2.75) is 26.4 Å².